The summed E-state index contributed by atoms with van der Waals surface area (Å²) >= 11 is 0. The maximum atomic E-state index is 11.1. The molecule has 11 heavy (non-hydrogen) atoms. The Morgan fingerprint density at radius 2 is 2.55 bits per heavy atom. The fourth-order valence-corrected chi connectivity index (χ4v) is 0.689. The minimum absolute atomic E-state index is 0.0707. The van der Waals surface area contributed by atoms with Gasteiger partial charge in [0.2, 0.25) is 0 Å². The quantitative estimate of drug-likeness (QED) is 0.647. The summed E-state index contributed by atoms with van der Waals surface area (Å²) in [5.74, 6) is -0.392. The van der Waals surface area contributed by atoms with Crippen molar-refractivity contribution in [2.75, 3.05) is 7.05 Å². The number of rotatable bonds is 1. The molecule has 0 atom stereocenters. The molecule has 0 aliphatic carbocycles. The summed E-state index contributed by atoms with van der Waals surface area (Å²) in [6.07, 6.45) is 0. The number of carbonyl (C=O) groups is 1. The van der Waals surface area contributed by atoms with E-state index < -0.39 is 12.8 Å². The summed E-state index contributed by atoms with van der Waals surface area (Å²) in [7, 11) is 1.46. The minimum Gasteiger partial charge on any atom is -0.354 e. The second-order valence-electron chi connectivity index (χ2n) is 1.99. The zero-order valence-electron chi connectivity index (χ0n) is 9.09. The van der Waals surface area contributed by atoms with Crippen LogP contribution in [0.1, 0.15) is 20.3 Å². The van der Waals surface area contributed by atoms with Crippen LogP contribution < -0.4 is 5.32 Å². The van der Waals surface area contributed by atoms with Crippen LogP contribution in [-0.2, 0) is 0 Å². The smallest absolute Gasteiger partial charge is 0.269 e. The highest BCUT2D eigenvalue weighted by Gasteiger charge is 2.02. The number of aryl methyl sites for hydroxylation is 1. The minimum atomic E-state index is -2.27. The highest BCUT2D eigenvalue weighted by Crippen LogP contribution is 1.96. The van der Waals surface area contributed by atoms with Crippen molar-refractivity contribution in [2.24, 2.45) is 0 Å². The van der Waals surface area contributed by atoms with Gasteiger partial charge in [-0.2, -0.15) is 0 Å². The molecule has 0 saturated heterocycles. The summed E-state index contributed by atoms with van der Waals surface area (Å²) in [6, 6.07) is 4.34. The first-order chi connectivity index (χ1) is 6.45. The van der Waals surface area contributed by atoms with Crippen molar-refractivity contribution in [1.82, 2.24) is 10.3 Å². The average molecular weight is 153 g/mol. The molecule has 1 aromatic rings. The van der Waals surface area contributed by atoms with E-state index in [0.717, 1.165) is 0 Å². The fourth-order valence-electron chi connectivity index (χ4n) is 0.689. The van der Waals surface area contributed by atoms with Crippen LogP contribution in [0.4, 0.5) is 0 Å². The van der Waals surface area contributed by atoms with E-state index in [4.69, 9.17) is 4.11 Å². The normalized spacial score (nSPS) is 14.5. The van der Waals surface area contributed by atoms with E-state index in [1.807, 2.05) is 0 Å². The molecule has 0 aliphatic heterocycles. The fraction of sp³-hybridized carbons (Fsp3) is 0.250. The van der Waals surface area contributed by atoms with Crippen LogP contribution in [0.5, 0.6) is 0 Å². The molecule has 0 radical (unpaired) electrons. The van der Waals surface area contributed by atoms with E-state index in [0.29, 0.717) is 0 Å². The van der Waals surface area contributed by atoms with E-state index in [2.05, 4.69) is 10.3 Å². The van der Waals surface area contributed by atoms with Crippen LogP contribution in [0.15, 0.2) is 18.2 Å². The number of hydrogen-bond donors (Lipinski definition) is 1. The molecule has 1 amide bonds. The van der Waals surface area contributed by atoms with Crippen LogP contribution in [0, 0.1) is 6.85 Å². The molecule has 0 saturated carbocycles. The zero-order valence-corrected chi connectivity index (χ0v) is 6.09. The third-order valence-corrected chi connectivity index (χ3v) is 1.21. The first-order valence-electron chi connectivity index (χ1n) is 4.65. The Kier molecular flexibility index (Phi) is 1.28. The molecule has 3 heteroatoms. The number of amides is 1. The maximum absolute atomic E-state index is 11.1. The lowest BCUT2D eigenvalue weighted by Gasteiger charge is -1.98. The van der Waals surface area contributed by atoms with Gasteiger partial charge in [-0.3, -0.25) is 4.79 Å². The Hall–Kier alpha value is -1.38. The lowest BCUT2D eigenvalue weighted by atomic mass is 10.3. The molecule has 0 aromatic carbocycles. The van der Waals surface area contributed by atoms with Gasteiger partial charge in [-0.15, -0.1) is 0 Å². The Morgan fingerprint density at radius 1 is 1.73 bits per heavy atom. The molecule has 0 unspecified atom stereocenters. The van der Waals surface area contributed by atoms with Crippen LogP contribution in [0.3, 0.4) is 0 Å². The third kappa shape index (κ3) is 1.77. The van der Waals surface area contributed by atoms with Crippen molar-refractivity contribution in [2.45, 2.75) is 6.85 Å². The van der Waals surface area contributed by atoms with Gasteiger partial charge in [-0.05, 0) is 19.0 Å². The van der Waals surface area contributed by atoms with E-state index in [1.54, 1.807) is 0 Å². The number of nitrogens with one attached hydrogen (secondary N) is 1. The van der Waals surface area contributed by atoms with Crippen molar-refractivity contribution in [3.63, 3.8) is 0 Å². The second-order valence-corrected chi connectivity index (χ2v) is 1.99. The molecule has 1 heterocycles. The second kappa shape index (κ2) is 3.14. The summed E-state index contributed by atoms with van der Waals surface area (Å²) in [5.41, 5.74) is 0.0414. The van der Waals surface area contributed by atoms with Crippen molar-refractivity contribution in [1.29, 1.82) is 0 Å². The molecule has 0 fully saturated rings. The molecule has 0 bridgehead atoms. The van der Waals surface area contributed by atoms with Gasteiger partial charge in [0, 0.05) is 16.9 Å². The van der Waals surface area contributed by atoms with Gasteiger partial charge in [-0.1, -0.05) is 6.07 Å². The van der Waals surface area contributed by atoms with E-state index >= 15 is 0 Å². The standard InChI is InChI=1S/C8H10N2O/c1-6-4-3-5-7(10-6)8(11)9-2/h3-5H,1-2H3,(H,9,11)/i1D3. The van der Waals surface area contributed by atoms with Crippen LogP contribution in [0.25, 0.3) is 0 Å². The first-order valence-corrected chi connectivity index (χ1v) is 3.15. The zero-order chi connectivity index (χ0) is 10.8. The molecule has 1 rings (SSSR count). The highest BCUT2D eigenvalue weighted by atomic mass is 16.1. The van der Waals surface area contributed by atoms with E-state index in [-0.39, 0.29) is 11.4 Å². The Labute approximate surface area is 69.7 Å². The van der Waals surface area contributed by atoms with Crippen molar-refractivity contribution in [3.8, 4) is 0 Å². The van der Waals surface area contributed by atoms with Gasteiger partial charge >= 0.3 is 0 Å². The predicted molar refractivity (Wildman–Crippen MR) is 42.4 cm³/mol. The molecular formula is C8H10N2O. The molecule has 0 aliphatic rings. The van der Waals surface area contributed by atoms with E-state index in [1.165, 1.54) is 25.2 Å². The van der Waals surface area contributed by atoms with Crippen molar-refractivity contribution < 1.29 is 8.91 Å². The summed E-state index contributed by atoms with van der Waals surface area (Å²) < 4.78 is 21.3. The molecular weight excluding hydrogens is 140 g/mol. The van der Waals surface area contributed by atoms with Gasteiger partial charge in [-0.25, -0.2) is 4.98 Å². The molecule has 1 aromatic heterocycles. The molecule has 0 spiro atoms. The lowest BCUT2D eigenvalue weighted by Crippen LogP contribution is -2.19. The number of hydrogen-bond acceptors (Lipinski definition) is 2. The molecule has 58 valence electrons. The van der Waals surface area contributed by atoms with Gasteiger partial charge in [0.15, 0.2) is 0 Å². The van der Waals surface area contributed by atoms with Gasteiger partial charge in [0.1, 0.15) is 5.69 Å². The molecule has 3 nitrogen and oxygen atoms in total. The first kappa shape index (κ1) is 4.49. The summed E-state index contributed by atoms with van der Waals surface area (Å²) in [5, 5.41) is 2.37. The van der Waals surface area contributed by atoms with E-state index in [9.17, 15) is 4.79 Å². The topological polar surface area (TPSA) is 42.0 Å². The Morgan fingerprint density at radius 3 is 3.18 bits per heavy atom. The number of nitrogens with zero attached hydrogens (tertiary/aromatic N) is 1. The van der Waals surface area contributed by atoms with Gasteiger partial charge < -0.3 is 5.32 Å². The summed E-state index contributed by atoms with van der Waals surface area (Å²) in [4.78, 5) is 14.9. The average Bonchev–Trinajstić information content (AvgIpc) is 2.15. The SMILES string of the molecule is [2H]C([2H])([2H])c1cccc(C(=O)NC)n1. The van der Waals surface area contributed by atoms with Crippen LogP contribution in [-0.4, -0.2) is 17.9 Å². The monoisotopic (exact) mass is 153 g/mol. The Bertz CT molecular complexity index is 349. The van der Waals surface area contributed by atoms with Crippen LogP contribution >= 0.6 is 0 Å². The van der Waals surface area contributed by atoms with Gasteiger partial charge in [0.05, 0.1) is 0 Å². The van der Waals surface area contributed by atoms with Crippen LogP contribution in [0.2, 0.25) is 0 Å². The molecule has 1 N–H and O–H groups in total. The van der Waals surface area contributed by atoms with Gasteiger partial charge in [0.25, 0.3) is 5.91 Å². The highest BCUT2D eigenvalue weighted by molar-refractivity contribution is 5.91. The largest absolute Gasteiger partial charge is 0.354 e. The third-order valence-electron chi connectivity index (χ3n) is 1.21. The summed E-state index contributed by atoms with van der Waals surface area (Å²) in [6.45, 7) is -2.27. The number of pyridine rings is 1. The number of aromatic nitrogens is 1. The maximum Gasteiger partial charge on any atom is 0.269 e. The number of carbonyl (C=O) groups excluding carboxylic acids is 1. The van der Waals surface area contributed by atoms with Crippen molar-refractivity contribution >= 4 is 5.91 Å². The predicted octanol–water partition coefficient (Wildman–Crippen LogP) is 0.750. The Balaban J connectivity index is 3.08. The van der Waals surface area contributed by atoms with Crippen molar-refractivity contribution in [3.05, 3.63) is 29.6 Å². The lowest BCUT2D eigenvalue weighted by molar-refractivity contribution is 0.0958.